The molecule has 5 heteroatoms. The topological polar surface area (TPSA) is 37.4 Å². The van der Waals surface area contributed by atoms with E-state index >= 15 is 0 Å². The van der Waals surface area contributed by atoms with E-state index in [0.29, 0.717) is 12.6 Å². The maximum atomic E-state index is 5.32. The normalized spacial score (nSPS) is 23.6. The molecule has 0 amide bonds. The highest BCUT2D eigenvalue weighted by molar-refractivity contribution is 7.11. The Kier molecular flexibility index (Phi) is 5.27. The highest BCUT2D eigenvalue weighted by atomic mass is 32.1. The molecule has 3 rings (SSSR count). The molecule has 2 fully saturated rings. The third-order valence-corrected chi connectivity index (χ3v) is 5.59. The maximum Gasteiger partial charge on any atom is 0.107 e. The van der Waals surface area contributed by atoms with Crippen molar-refractivity contribution in [3.05, 3.63) is 15.6 Å². The molecule has 1 saturated carbocycles. The summed E-state index contributed by atoms with van der Waals surface area (Å²) >= 11 is 1.87. The van der Waals surface area contributed by atoms with Crippen LogP contribution < -0.4 is 5.32 Å². The van der Waals surface area contributed by atoms with E-state index in [2.05, 4.69) is 17.1 Å². The summed E-state index contributed by atoms with van der Waals surface area (Å²) in [5.74, 6) is 0. The number of ether oxygens (including phenoxy) is 1. The molecule has 2 heterocycles. The number of nitrogens with zero attached hydrogens (tertiary/aromatic N) is 2. The molecule has 1 aromatic rings. The van der Waals surface area contributed by atoms with Crippen LogP contribution in [0, 0.1) is 0 Å². The molecule has 1 unspecified atom stereocenters. The highest BCUT2D eigenvalue weighted by Gasteiger charge is 2.23. The van der Waals surface area contributed by atoms with Crippen molar-refractivity contribution in [2.24, 2.45) is 0 Å². The largest absolute Gasteiger partial charge is 0.378 e. The lowest BCUT2D eigenvalue weighted by molar-refractivity contribution is 0.151. The van der Waals surface area contributed by atoms with Crippen LogP contribution in [0.3, 0.4) is 0 Å². The van der Waals surface area contributed by atoms with Crippen molar-refractivity contribution in [3.63, 3.8) is 0 Å². The van der Waals surface area contributed by atoms with E-state index in [-0.39, 0.29) is 0 Å². The molecular weight excluding hydrogens is 282 g/mol. The predicted molar refractivity (Wildman–Crippen MR) is 86.4 cm³/mol. The van der Waals surface area contributed by atoms with Gasteiger partial charge in [0.15, 0.2) is 0 Å². The quantitative estimate of drug-likeness (QED) is 0.840. The molecule has 1 aliphatic carbocycles. The van der Waals surface area contributed by atoms with Gasteiger partial charge in [0, 0.05) is 30.6 Å². The minimum absolute atomic E-state index is 0.633. The molecule has 1 N–H and O–H groups in total. The Balaban J connectivity index is 1.64. The third kappa shape index (κ3) is 4.25. The highest BCUT2D eigenvalue weighted by Crippen LogP contribution is 2.26. The van der Waals surface area contributed by atoms with Crippen LogP contribution in [0.2, 0.25) is 0 Å². The average molecular weight is 309 g/mol. The molecule has 1 aromatic heterocycles. The number of hydrogen-bond acceptors (Lipinski definition) is 5. The smallest absolute Gasteiger partial charge is 0.107 e. The second-order valence-electron chi connectivity index (χ2n) is 6.38. The monoisotopic (exact) mass is 309 g/mol. The number of likely N-dealkylation sites (tertiary alicyclic amines) is 1. The zero-order valence-electron chi connectivity index (χ0n) is 13.2. The molecule has 2 aliphatic rings. The molecule has 1 aliphatic heterocycles. The van der Waals surface area contributed by atoms with Gasteiger partial charge in [-0.15, -0.1) is 11.3 Å². The Labute approximate surface area is 131 Å². The zero-order chi connectivity index (χ0) is 14.7. The van der Waals surface area contributed by atoms with Gasteiger partial charge in [0.2, 0.25) is 0 Å². The summed E-state index contributed by atoms with van der Waals surface area (Å²) in [6.45, 7) is 6.16. The Morgan fingerprint density at radius 1 is 1.33 bits per heavy atom. The van der Waals surface area contributed by atoms with Crippen LogP contribution in [0.4, 0.5) is 0 Å². The number of piperidine rings is 1. The summed E-state index contributed by atoms with van der Waals surface area (Å²) in [5, 5.41) is 4.85. The second kappa shape index (κ2) is 7.18. The van der Waals surface area contributed by atoms with Gasteiger partial charge >= 0.3 is 0 Å². The van der Waals surface area contributed by atoms with Crippen LogP contribution in [0.15, 0.2) is 0 Å². The first-order valence-corrected chi connectivity index (χ1v) is 9.01. The second-order valence-corrected chi connectivity index (χ2v) is 7.55. The summed E-state index contributed by atoms with van der Waals surface area (Å²) in [7, 11) is 1.75. The van der Waals surface area contributed by atoms with Crippen molar-refractivity contribution < 1.29 is 4.74 Å². The molecule has 0 spiro atoms. The fourth-order valence-electron chi connectivity index (χ4n) is 2.98. The number of thiazole rings is 1. The van der Waals surface area contributed by atoms with Crippen molar-refractivity contribution in [1.29, 1.82) is 0 Å². The van der Waals surface area contributed by atoms with Crippen molar-refractivity contribution >= 4 is 11.3 Å². The van der Waals surface area contributed by atoms with Crippen LogP contribution in [0.25, 0.3) is 0 Å². The van der Waals surface area contributed by atoms with Crippen molar-refractivity contribution in [2.45, 2.75) is 70.8 Å². The third-order valence-electron chi connectivity index (χ3n) is 4.51. The van der Waals surface area contributed by atoms with Gasteiger partial charge in [-0.1, -0.05) is 6.42 Å². The molecule has 0 aromatic carbocycles. The van der Waals surface area contributed by atoms with Crippen molar-refractivity contribution in [3.8, 4) is 0 Å². The predicted octanol–water partition coefficient (Wildman–Crippen LogP) is 2.92. The molecule has 1 atom stereocenters. The summed E-state index contributed by atoms with van der Waals surface area (Å²) in [6.07, 6.45) is 6.69. The number of rotatable bonds is 7. The van der Waals surface area contributed by atoms with Gasteiger partial charge in [-0.3, -0.25) is 4.90 Å². The number of nitrogens with one attached hydrogen (secondary N) is 1. The Hall–Kier alpha value is -0.490. The summed E-state index contributed by atoms with van der Waals surface area (Å²) in [4.78, 5) is 8.78. The lowest BCUT2D eigenvalue weighted by Crippen LogP contribution is -2.36. The van der Waals surface area contributed by atoms with Gasteiger partial charge in [-0.05, 0) is 39.2 Å². The molecule has 1 saturated heterocycles. The molecule has 0 radical (unpaired) electrons. The number of aromatic nitrogens is 1. The summed E-state index contributed by atoms with van der Waals surface area (Å²) in [6, 6.07) is 1.44. The van der Waals surface area contributed by atoms with E-state index in [9.17, 15) is 0 Å². The first kappa shape index (κ1) is 15.4. The van der Waals surface area contributed by atoms with Crippen LogP contribution in [0.1, 0.15) is 54.6 Å². The minimum Gasteiger partial charge on any atom is -0.378 e. The van der Waals surface area contributed by atoms with Gasteiger partial charge in [0.1, 0.15) is 5.01 Å². The molecule has 4 nitrogen and oxygen atoms in total. The molecule has 21 heavy (non-hydrogen) atoms. The minimum atomic E-state index is 0.633. The molecule has 118 valence electrons. The number of hydrogen-bond donors (Lipinski definition) is 1. The van der Waals surface area contributed by atoms with Gasteiger partial charge in [-0.25, -0.2) is 4.98 Å². The van der Waals surface area contributed by atoms with Crippen LogP contribution >= 0.6 is 11.3 Å². The van der Waals surface area contributed by atoms with E-state index in [1.807, 2.05) is 11.3 Å². The fourth-order valence-corrected chi connectivity index (χ4v) is 4.03. The Bertz CT molecular complexity index is 458. The maximum absolute atomic E-state index is 5.32. The summed E-state index contributed by atoms with van der Waals surface area (Å²) < 4.78 is 5.32. The average Bonchev–Trinajstić information content (AvgIpc) is 3.23. The number of methoxy groups -OCH3 is 1. The lowest BCUT2D eigenvalue weighted by Gasteiger charge is -2.32. The van der Waals surface area contributed by atoms with Gasteiger partial charge < -0.3 is 10.1 Å². The van der Waals surface area contributed by atoms with Crippen LogP contribution in [-0.2, 0) is 24.4 Å². The first-order chi connectivity index (χ1) is 10.3. The SMILES string of the molecule is COCc1nc(CN2CCCCC2C)sc1CNC1CC1. The van der Waals surface area contributed by atoms with E-state index in [4.69, 9.17) is 9.72 Å². The fraction of sp³-hybridized carbons (Fsp3) is 0.812. The summed E-state index contributed by atoms with van der Waals surface area (Å²) in [5.41, 5.74) is 1.13. The van der Waals surface area contributed by atoms with E-state index in [1.165, 1.54) is 48.5 Å². The lowest BCUT2D eigenvalue weighted by atomic mass is 10.0. The van der Waals surface area contributed by atoms with E-state index in [0.717, 1.165) is 24.8 Å². The van der Waals surface area contributed by atoms with Gasteiger partial charge in [0.05, 0.1) is 18.8 Å². The van der Waals surface area contributed by atoms with E-state index < -0.39 is 0 Å². The molecule has 0 bridgehead atoms. The van der Waals surface area contributed by atoms with E-state index in [1.54, 1.807) is 7.11 Å². The zero-order valence-corrected chi connectivity index (χ0v) is 14.0. The first-order valence-electron chi connectivity index (χ1n) is 8.20. The molecular formula is C16H27N3OS. The van der Waals surface area contributed by atoms with Crippen LogP contribution in [-0.4, -0.2) is 35.6 Å². The Morgan fingerprint density at radius 2 is 2.19 bits per heavy atom. The van der Waals surface area contributed by atoms with Crippen LogP contribution in [0.5, 0.6) is 0 Å². The standard InChI is InChI=1S/C16H27N3OS/c1-12-5-3-4-8-19(12)10-16-18-14(11-20-2)15(21-16)9-17-13-6-7-13/h12-13,17H,3-11H2,1-2H3. The van der Waals surface area contributed by atoms with Crippen molar-refractivity contribution in [2.75, 3.05) is 13.7 Å². The van der Waals surface area contributed by atoms with Crippen molar-refractivity contribution in [1.82, 2.24) is 15.2 Å². The van der Waals surface area contributed by atoms with Gasteiger partial charge in [-0.2, -0.15) is 0 Å². The Morgan fingerprint density at radius 3 is 2.90 bits per heavy atom. The van der Waals surface area contributed by atoms with Gasteiger partial charge in [0.25, 0.3) is 0 Å².